The summed E-state index contributed by atoms with van der Waals surface area (Å²) in [6, 6.07) is -7.46. The van der Waals surface area contributed by atoms with Crippen molar-refractivity contribution >= 4 is 71.7 Å². The number of fused-ring (bicyclic) bond motifs is 8. The summed E-state index contributed by atoms with van der Waals surface area (Å²) in [6.45, 7) is 0. The van der Waals surface area contributed by atoms with Crippen molar-refractivity contribution in [2.75, 3.05) is 4.90 Å². The van der Waals surface area contributed by atoms with Crippen molar-refractivity contribution in [1.82, 2.24) is 0 Å². The van der Waals surface area contributed by atoms with Crippen LogP contribution in [0.2, 0.25) is 0 Å². The maximum Gasteiger partial charge on any atom is 0.143 e. The van der Waals surface area contributed by atoms with Gasteiger partial charge in [-0.25, -0.2) is 0 Å². The number of anilines is 3. The van der Waals surface area contributed by atoms with Crippen LogP contribution >= 0.6 is 0 Å². The van der Waals surface area contributed by atoms with Gasteiger partial charge in [-0.2, -0.15) is 0 Å². The van der Waals surface area contributed by atoms with Gasteiger partial charge in [-0.3, -0.25) is 0 Å². The molecule has 2 heterocycles. The highest BCUT2D eigenvalue weighted by Crippen LogP contribution is 2.45. The van der Waals surface area contributed by atoms with Gasteiger partial charge >= 0.3 is 0 Å². The molecule has 0 amide bonds. The molecule has 10 aromatic rings. The highest BCUT2D eigenvalue weighted by molar-refractivity contribution is 6.19. The third-order valence-electron chi connectivity index (χ3n) is 8.04. The van der Waals surface area contributed by atoms with Crippen molar-refractivity contribution in [3.8, 4) is 22.3 Å². The molecule has 0 aliphatic carbocycles. The monoisotopic (exact) mass is 649 g/mol. The van der Waals surface area contributed by atoms with Gasteiger partial charge in [0.05, 0.1) is 41.2 Å². The second-order valence-electron chi connectivity index (χ2n) is 10.8. The molecule has 0 unspecified atom stereocenters. The molecular formula is C46H29NO2. The summed E-state index contributed by atoms with van der Waals surface area (Å²) in [4.78, 5) is 0.601. The molecule has 0 bridgehead atoms. The molecule has 0 N–H and O–H groups in total. The molecule has 0 radical (unpaired) electrons. The Labute approximate surface area is 313 Å². The van der Waals surface area contributed by atoms with E-state index in [4.69, 9.17) is 25.3 Å². The third kappa shape index (κ3) is 4.51. The number of nitrogens with zero attached hydrogens (tertiary/aromatic N) is 1. The Morgan fingerprint density at radius 3 is 1.94 bits per heavy atom. The number of benzene rings is 8. The van der Waals surface area contributed by atoms with E-state index in [0.29, 0.717) is 21.5 Å². The molecule has 8 aromatic carbocycles. The summed E-state index contributed by atoms with van der Waals surface area (Å²) in [5, 5.41) is -0.554. The Morgan fingerprint density at radius 1 is 0.429 bits per heavy atom. The van der Waals surface area contributed by atoms with Gasteiger partial charge in [-0.15, -0.1) is 0 Å². The largest absolute Gasteiger partial charge is 0.456 e. The maximum absolute atomic E-state index is 9.63. The zero-order chi connectivity index (χ0) is 51.5. The summed E-state index contributed by atoms with van der Waals surface area (Å²) >= 11 is 0. The minimum Gasteiger partial charge on any atom is -0.456 e. The Balaban J connectivity index is 1.38. The van der Waals surface area contributed by atoms with Crippen molar-refractivity contribution in [3.63, 3.8) is 0 Å². The average Bonchev–Trinajstić information content (AvgIpc) is 3.93. The van der Waals surface area contributed by atoms with Crippen LogP contribution in [0.1, 0.15) is 30.2 Å². The Hall–Kier alpha value is -6.58. The fourth-order valence-corrected chi connectivity index (χ4v) is 5.82. The van der Waals surface area contributed by atoms with E-state index in [0.717, 1.165) is 5.39 Å². The number of furan rings is 2. The van der Waals surface area contributed by atoms with Crippen molar-refractivity contribution in [2.24, 2.45) is 0 Å². The van der Waals surface area contributed by atoms with Crippen LogP contribution in [0.5, 0.6) is 0 Å². The van der Waals surface area contributed by atoms with Gasteiger partial charge < -0.3 is 13.7 Å². The number of hydrogen-bond acceptors (Lipinski definition) is 3. The first-order chi connectivity index (χ1) is 33.5. The first-order valence-corrected chi connectivity index (χ1v) is 14.8. The van der Waals surface area contributed by atoms with Crippen LogP contribution in [-0.2, 0) is 0 Å². The van der Waals surface area contributed by atoms with Gasteiger partial charge in [0.2, 0.25) is 0 Å². The topological polar surface area (TPSA) is 29.5 Å². The predicted octanol–water partition coefficient (Wildman–Crippen LogP) is 13.4. The van der Waals surface area contributed by atoms with E-state index in [1.165, 1.54) is 6.07 Å². The summed E-state index contributed by atoms with van der Waals surface area (Å²) in [7, 11) is 0. The third-order valence-corrected chi connectivity index (χ3v) is 8.04. The molecule has 0 atom stereocenters. The fraction of sp³-hybridized carbons (Fsp3) is 0. The van der Waals surface area contributed by atoms with Crippen LogP contribution in [0, 0.1) is 0 Å². The summed E-state index contributed by atoms with van der Waals surface area (Å²) in [5.41, 5.74) is -4.59. The zero-order valence-corrected chi connectivity index (χ0v) is 24.8. The molecule has 10 rings (SSSR count). The highest BCUT2D eigenvalue weighted by atomic mass is 16.3. The average molecular weight is 650 g/mol. The van der Waals surface area contributed by atoms with Crippen LogP contribution in [0.15, 0.2) is 184 Å². The minimum absolute atomic E-state index is 0.147. The van der Waals surface area contributed by atoms with Crippen LogP contribution in [-0.4, -0.2) is 0 Å². The first kappa shape index (κ1) is 13.5. The Bertz CT molecular complexity index is 4020. The van der Waals surface area contributed by atoms with E-state index >= 15 is 0 Å². The van der Waals surface area contributed by atoms with Crippen LogP contribution in [0.25, 0.3) is 76.9 Å². The van der Waals surface area contributed by atoms with Crippen molar-refractivity contribution in [1.29, 1.82) is 0 Å². The molecule has 0 saturated carbocycles. The Morgan fingerprint density at radius 2 is 1.12 bits per heavy atom. The van der Waals surface area contributed by atoms with E-state index in [2.05, 4.69) is 0 Å². The molecule has 2 aromatic heterocycles. The van der Waals surface area contributed by atoms with E-state index in [1.54, 1.807) is 24.3 Å². The van der Waals surface area contributed by atoms with Gasteiger partial charge in [0, 0.05) is 32.9 Å². The van der Waals surface area contributed by atoms with Gasteiger partial charge in [-0.05, 0) is 88.1 Å². The van der Waals surface area contributed by atoms with E-state index in [9.17, 15) is 13.7 Å². The van der Waals surface area contributed by atoms with Crippen LogP contribution in [0.4, 0.5) is 17.1 Å². The lowest BCUT2D eigenvalue weighted by molar-refractivity contribution is 0.669. The molecular weight excluding hydrogens is 599 g/mol. The molecule has 230 valence electrons. The van der Waals surface area contributed by atoms with Crippen LogP contribution in [0.3, 0.4) is 0 Å². The van der Waals surface area contributed by atoms with Gasteiger partial charge in [0.1, 0.15) is 22.3 Å². The summed E-state index contributed by atoms with van der Waals surface area (Å²) in [6.07, 6.45) is 0. The first-order valence-electron chi connectivity index (χ1n) is 25.8. The van der Waals surface area contributed by atoms with Crippen molar-refractivity contribution in [3.05, 3.63) is 175 Å². The van der Waals surface area contributed by atoms with Gasteiger partial charge in [0.25, 0.3) is 0 Å². The number of para-hydroxylation sites is 1. The molecule has 0 aliphatic heterocycles. The van der Waals surface area contributed by atoms with E-state index in [1.807, 2.05) is 12.1 Å². The molecule has 0 spiro atoms. The lowest BCUT2D eigenvalue weighted by Crippen LogP contribution is -2.10. The molecule has 0 fully saturated rings. The molecule has 49 heavy (non-hydrogen) atoms. The molecule has 0 saturated heterocycles. The minimum atomic E-state index is -1.10. The van der Waals surface area contributed by atoms with Gasteiger partial charge in [-0.1, -0.05) is 115 Å². The zero-order valence-electron chi connectivity index (χ0n) is 46.8. The summed E-state index contributed by atoms with van der Waals surface area (Å²) in [5.74, 6) is 0. The molecule has 0 aliphatic rings. The maximum atomic E-state index is 9.63. The smallest absolute Gasteiger partial charge is 0.143 e. The summed E-state index contributed by atoms with van der Waals surface area (Å²) < 4.78 is 210. The van der Waals surface area contributed by atoms with E-state index in [-0.39, 0.29) is 11.1 Å². The fourth-order valence-electron chi connectivity index (χ4n) is 5.82. The second-order valence-corrected chi connectivity index (χ2v) is 10.8. The normalized spacial score (nSPS) is 18.0. The molecule has 3 heteroatoms. The standard InChI is InChI=1S/C46H29NO2/c1-2-9-30(10-3-1)31-17-23-35(24-18-31)47(41-14-8-16-43-45(41)40-28-21-33-11-4-5-12-37(33)46(40)49-43)36-25-19-32(20-26-36)34-22-27-39-38-13-6-7-15-42(38)48-44(39)29-34/h1-29H/i1D,2D,3D,4D,5D,8D,9D,10D,11D,12D,14D,16D,17D,18D,19D,20D,21D,23D,24D,25D,26D,28D. The van der Waals surface area contributed by atoms with E-state index < -0.39 is 194 Å². The predicted molar refractivity (Wildman–Crippen MR) is 204 cm³/mol. The van der Waals surface area contributed by atoms with Gasteiger partial charge in [0.15, 0.2) is 0 Å². The lowest BCUT2D eigenvalue weighted by atomic mass is 10.0. The van der Waals surface area contributed by atoms with Crippen molar-refractivity contribution in [2.45, 2.75) is 0 Å². The van der Waals surface area contributed by atoms with Crippen molar-refractivity contribution < 1.29 is 39.0 Å². The molecule has 3 nitrogen and oxygen atoms in total. The highest BCUT2D eigenvalue weighted by Gasteiger charge is 2.20. The van der Waals surface area contributed by atoms with Crippen LogP contribution < -0.4 is 4.90 Å². The quantitative estimate of drug-likeness (QED) is 0.186. The second kappa shape index (κ2) is 11.0. The number of hydrogen-bond donors (Lipinski definition) is 0. The number of rotatable bonds is 5. The SMILES string of the molecule is [2H]c1c([2H])c([2H])c(-c2c([2H])c([2H])c(N(c3c([2H])c([2H])c(-c4ccc5c(c4)oc4ccccc45)c([2H])c3[2H])c3c([2H])c([2H])c([2H])c4oc5c6c([2H])c([2H])c([2H])c([2H])c6c([2H])c([2H])c5c34)c([2H])c2[2H])c([2H])c1[2H]. The Kier molecular flexibility index (Phi) is 3.03. The lowest BCUT2D eigenvalue weighted by Gasteiger charge is -2.26.